The molecule has 0 fully saturated rings. The van der Waals surface area contributed by atoms with Crippen molar-refractivity contribution in [1.82, 2.24) is 9.78 Å². The van der Waals surface area contributed by atoms with Crippen LogP contribution in [0.3, 0.4) is 0 Å². The van der Waals surface area contributed by atoms with E-state index in [1.54, 1.807) is 11.8 Å². The molecule has 0 radical (unpaired) electrons. The second kappa shape index (κ2) is 5.87. The summed E-state index contributed by atoms with van der Waals surface area (Å²) in [6, 6.07) is 1.86. The van der Waals surface area contributed by atoms with E-state index in [0.717, 1.165) is 10.3 Å². The minimum absolute atomic E-state index is 0.245. The van der Waals surface area contributed by atoms with E-state index >= 15 is 0 Å². The highest BCUT2D eigenvalue weighted by Crippen LogP contribution is 2.12. The predicted molar refractivity (Wildman–Crippen MR) is 57.3 cm³/mol. The smallest absolute Gasteiger partial charge is 0.307 e. The number of nitrogens with zero attached hydrogens (tertiary/aromatic N) is 2. The Hall–Kier alpha value is -0.880. The van der Waals surface area contributed by atoms with Crippen molar-refractivity contribution in [3.05, 3.63) is 16.4 Å². The van der Waals surface area contributed by atoms with Gasteiger partial charge < -0.3 is 9.47 Å². The number of carbonyl (C=O) groups is 1. The molecule has 0 aliphatic rings. The molecule has 1 aromatic heterocycles. The summed E-state index contributed by atoms with van der Waals surface area (Å²) in [5, 5.41) is 4.18. The second-order valence-electron chi connectivity index (χ2n) is 2.94. The summed E-state index contributed by atoms with van der Waals surface area (Å²) in [5.41, 5.74) is 0.924. The summed E-state index contributed by atoms with van der Waals surface area (Å²) < 4.78 is 12.0. The van der Waals surface area contributed by atoms with Gasteiger partial charge >= 0.3 is 5.97 Å². The van der Waals surface area contributed by atoms with Crippen molar-refractivity contribution in [1.29, 1.82) is 0 Å². The molecule has 0 atom stereocenters. The van der Waals surface area contributed by atoms with Crippen molar-refractivity contribution in [2.75, 3.05) is 14.2 Å². The monoisotopic (exact) mass is 276 g/mol. The minimum atomic E-state index is -0.245. The van der Waals surface area contributed by atoms with Crippen LogP contribution >= 0.6 is 15.9 Å². The molecule has 0 aliphatic heterocycles. The molecule has 0 amide bonds. The minimum Gasteiger partial charge on any atom is -0.469 e. The van der Waals surface area contributed by atoms with E-state index < -0.39 is 0 Å². The number of hydrogen-bond acceptors (Lipinski definition) is 4. The van der Waals surface area contributed by atoms with Gasteiger partial charge in [-0.1, -0.05) is 0 Å². The van der Waals surface area contributed by atoms with Gasteiger partial charge in [-0.25, -0.2) is 0 Å². The molecule has 0 spiro atoms. The van der Waals surface area contributed by atoms with Crippen LogP contribution in [-0.2, 0) is 27.4 Å². The third-order valence-corrected chi connectivity index (χ3v) is 2.27. The zero-order valence-electron chi connectivity index (χ0n) is 8.70. The largest absolute Gasteiger partial charge is 0.469 e. The standard InChI is InChI=1S/C9H13BrN2O3/c1-14-6-7-5-8(10)11-12(7)4-3-9(13)15-2/h5H,3-4,6H2,1-2H3. The fraction of sp³-hybridized carbons (Fsp3) is 0.556. The van der Waals surface area contributed by atoms with Crippen molar-refractivity contribution in [3.8, 4) is 0 Å². The lowest BCUT2D eigenvalue weighted by molar-refractivity contribution is -0.140. The number of halogens is 1. The van der Waals surface area contributed by atoms with Gasteiger partial charge in [0, 0.05) is 7.11 Å². The highest BCUT2D eigenvalue weighted by Gasteiger charge is 2.08. The molecule has 0 saturated heterocycles. The molecule has 5 nitrogen and oxygen atoms in total. The molecule has 1 aromatic rings. The number of esters is 1. The van der Waals surface area contributed by atoms with E-state index in [1.165, 1.54) is 7.11 Å². The lowest BCUT2D eigenvalue weighted by Gasteiger charge is -2.05. The Morgan fingerprint density at radius 3 is 2.93 bits per heavy atom. The summed E-state index contributed by atoms with van der Waals surface area (Å²) >= 11 is 3.27. The van der Waals surface area contributed by atoms with Gasteiger partial charge in [0.15, 0.2) is 0 Å². The summed E-state index contributed by atoms with van der Waals surface area (Å²) in [5.74, 6) is -0.245. The van der Waals surface area contributed by atoms with Gasteiger partial charge in [-0.2, -0.15) is 5.10 Å². The third-order valence-electron chi connectivity index (χ3n) is 1.88. The second-order valence-corrected chi connectivity index (χ2v) is 3.75. The molecule has 0 bridgehead atoms. The lowest BCUT2D eigenvalue weighted by Crippen LogP contribution is -2.11. The molecular formula is C9H13BrN2O3. The molecule has 15 heavy (non-hydrogen) atoms. The van der Waals surface area contributed by atoms with Gasteiger partial charge in [-0.3, -0.25) is 9.48 Å². The van der Waals surface area contributed by atoms with E-state index in [1.807, 2.05) is 6.07 Å². The third kappa shape index (κ3) is 3.64. The molecule has 1 rings (SSSR count). The number of methoxy groups -OCH3 is 2. The van der Waals surface area contributed by atoms with E-state index in [0.29, 0.717) is 19.6 Å². The maximum atomic E-state index is 11.0. The molecular weight excluding hydrogens is 264 g/mol. The SMILES string of the molecule is COCc1cc(Br)nn1CCC(=O)OC. The number of rotatable bonds is 5. The van der Waals surface area contributed by atoms with Gasteiger partial charge in [0.05, 0.1) is 32.4 Å². The van der Waals surface area contributed by atoms with E-state index in [4.69, 9.17) is 4.74 Å². The van der Waals surface area contributed by atoms with Crippen LogP contribution in [0.2, 0.25) is 0 Å². The van der Waals surface area contributed by atoms with Crippen LogP contribution in [-0.4, -0.2) is 30.0 Å². The summed E-state index contributed by atoms with van der Waals surface area (Å²) in [6.07, 6.45) is 0.307. The Bertz CT molecular complexity index is 338. The first kappa shape index (κ1) is 12.2. The molecule has 0 unspecified atom stereocenters. The Morgan fingerprint density at radius 1 is 1.60 bits per heavy atom. The Kier molecular flexibility index (Phi) is 4.77. The Balaban J connectivity index is 2.62. The number of hydrogen-bond donors (Lipinski definition) is 0. The normalized spacial score (nSPS) is 10.3. The van der Waals surface area contributed by atoms with Crippen molar-refractivity contribution in [2.45, 2.75) is 19.6 Å². The van der Waals surface area contributed by atoms with Gasteiger partial charge in [0.25, 0.3) is 0 Å². The molecule has 0 aromatic carbocycles. The lowest BCUT2D eigenvalue weighted by atomic mass is 10.4. The first-order valence-electron chi connectivity index (χ1n) is 4.45. The van der Waals surface area contributed by atoms with Crippen LogP contribution in [0, 0.1) is 0 Å². The molecule has 84 valence electrons. The zero-order chi connectivity index (χ0) is 11.3. The van der Waals surface area contributed by atoms with Crippen LogP contribution in [0.1, 0.15) is 12.1 Å². The number of aryl methyl sites for hydroxylation is 1. The Morgan fingerprint density at radius 2 is 2.33 bits per heavy atom. The first-order chi connectivity index (χ1) is 7.17. The number of carbonyl (C=O) groups excluding carboxylic acids is 1. The van der Waals surface area contributed by atoms with Gasteiger partial charge in [-0.15, -0.1) is 0 Å². The van der Waals surface area contributed by atoms with Crippen LogP contribution in [0.25, 0.3) is 0 Å². The molecule has 1 heterocycles. The first-order valence-corrected chi connectivity index (χ1v) is 5.24. The van der Waals surface area contributed by atoms with Gasteiger partial charge in [-0.05, 0) is 22.0 Å². The maximum Gasteiger partial charge on any atom is 0.307 e. The van der Waals surface area contributed by atoms with Gasteiger partial charge in [0.1, 0.15) is 4.60 Å². The molecule has 0 saturated carbocycles. The van der Waals surface area contributed by atoms with E-state index in [2.05, 4.69) is 25.8 Å². The average Bonchev–Trinajstić information content (AvgIpc) is 2.56. The molecule has 0 aliphatic carbocycles. The quantitative estimate of drug-likeness (QED) is 0.762. The van der Waals surface area contributed by atoms with E-state index in [-0.39, 0.29) is 5.97 Å². The fourth-order valence-corrected chi connectivity index (χ4v) is 1.63. The van der Waals surface area contributed by atoms with Crippen LogP contribution in [0.4, 0.5) is 0 Å². The Labute approximate surface area is 96.5 Å². The summed E-state index contributed by atoms with van der Waals surface area (Å²) in [7, 11) is 2.99. The summed E-state index contributed by atoms with van der Waals surface area (Å²) in [6.45, 7) is 0.969. The topological polar surface area (TPSA) is 53.4 Å². The summed E-state index contributed by atoms with van der Waals surface area (Å²) in [4.78, 5) is 11.0. The molecule has 0 N–H and O–H groups in total. The predicted octanol–water partition coefficient (Wildman–Crippen LogP) is 1.36. The van der Waals surface area contributed by atoms with Crippen molar-refractivity contribution in [3.63, 3.8) is 0 Å². The van der Waals surface area contributed by atoms with Crippen LogP contribution < -0.4 is 0 Å². The zero-order valence-corrected chi connectivity index (χ0v) is 10.3. The average molecular weight is 277 g/mol. The fourth-order valence-electron chi connectivity index (χ4n) is 1.18. The highest BCUT2D eigenvalue weighted by atomic mass is 79.9. The van der Waals surface area contributed by atoms with Crippen LogP contribution in [0.5, 0.6) is 0 Å². The number of ether oxygens (including phenoxy) is 2. The highest BCUT2D eigenvalue weighted by molar-refractivity contribution is 9.10. The van der Waals surface area contributed by atoms with Crippen LogP contribution in [0.15, 0.2) is 10.7 Å². The maximum absolute atomic E-state index is 11.0. The van der Waals surface area contributed by atoms with Crippen molar-refractivity contribution >= 4 is 21.9 Å². The van der Waals surface area contributed by atoms with E-state index in [9.17, 15) is 4.79 Å². The number of aromatic nitrogens is 2. The van der Waals surface area contributed by atoms with Gasteiger partial charge in [0.2, 0.25) is 0 Å². The van der Waals surface area contributed by atoms with Crippen molar-refractivity contribution in [2.24, 2.45) is 0 Å². The van der Waals surface area contributed by atoms with Crippen molar-refractivity contribution < 1.29 is 14.3 Å². The molecule has 6 heteroatoms.